The van der Waals surface area contributed by atoms with Crippen LogP contribution in [0.3, 0.4) is 0 Å². The molecule has 0 radical (unpaired) electrons. The Kier molecular flexibility index (Phi) is 7.35. The Morgan fingerprint density at radius 1 is 0.917 bits per heavy atom. The molecule has 0 spiro atoms. The van der Waals surface area contributed by atoms with Crippen molar-refractivity contribution in [1.82, 2.24) is 14.8 Å². The number of amides is 1. The van der Waals surface area contributed by atoms with Crippen LogP contribution in [0.15, 0.2) is 107 Å². The van der Waals surface area contributed by atoms with E-state index < -0.39 is 0 Å². The summed E-state index contributed by atoms with van der Waals surface area (Å²) in [5.74, 6) is 2.78. The van der Waals surface area contributed by atoms with Crippen LogP contribution in [0.25, 0.3) is 11.4 Å². The average molecular weight is 517 g/mol. The lowest BCUT2D eigenvalue weighted by atomic mass is 10.2. The molecule has 3 aromatic carbocycles. The number of benzene rings is 3. The van der Waals surface area contributed by atoms with Crippen molar-refractivity contribution in [2.24, 2.45) is 0 Å². The standard InChI is InChI=1S/C27H21ClN4O3S/c28-24-11-5-4-10-23(24)26-30-31-27(32(26)17-22-9-6-16-34-22)36-18-25(33)29-19-12-14-21(15-13-19)35-20-7-2-1-3-8-20/h1-16H,17-18H2,(H,29,33). The number of halogens is 1. The van der Waals surface area contributed by atoms with Gasteiger partial charge in [-0.2, -0.15) is 0 Å². The highest BCUT2D eigenvalue weighted by Gasteiger charge is 2.18. The fourth-order valence-electron chi connectivity index (χ4n) is 3.50. The Bertz CT molecular complexity index is 1440. The molecule has 1 N–H and O–H groups in total. The summed E-state index contributed by atoms with van der Waals surface area (Å²) in [6.45, 7) is 0.410. The normalized spacial score (nSPS) is 10.8. The van der Waals surface area contributed by atoms with Crippen molar-refractivity contribution < 1.29 is 13.9 Å². The molecule has 0 aliphatic rings. The molecule has 0 aliphatic carbocycles. The van der Waals surface area contributed by atoms with E-state index in [1.54, 1.807) is 24.5 Å². The number of hydrogen-bond donors (Lipinski definition) is 1. The topological polar surface area (TPSA) is 82.2 Å². The molecule has 2 aromatic heterocycles. The van der Waals surface area contributed by atoms with Gasteiger partial charge in [-0.3, -0.25) is 9.36 Å². The van der Waals surface area contributed by atoms with Crippen LogP contribution in [0.5, 0.6) is 11.5 Å². The molecule has 9 heteroatoms. The molecule has 0 saturated heterocycles. The van der Waals surface area contributed by atoms with E-state index in [9.17, 15) is 4.79 Å². The van der Waals surface area contributed by atoms with E-state index in [4.69, 9.17) is 20.8 Å². The molecule has 5 aromatic rings. The van der Waals surface area contributed by atoms with Crippen molar-refractivity contribution in [1.29, 1.82) is 0 Å². The van der Waals surface area contributed by atoms with Crippen LogP contribution < -0.4 is 10.1 Å². The first-order chi connectivity index (χ1) is 17.7. The number of furan rings is 1. The van der Waals surface area contributed by atoms with Gasteiger partial charge in [0.2, 0.25) is 5.91 Å². The number of anilines is 1. The molecule has 7 nitrogen and oxygen atoms in total. The minimum absolute atomic E-state index is 0.154. The quantitative estimate of drug-likeness (QED) is 0.218. The van der Waals surface area contributed by atoms with E-state index in [0.717, 1.165) is 17.1 Å². The molecule has 0 unspecified atom stereocenters. The molecular weight excluding hydrogens is 496 g/mol. The summed E-state index contributed by atoms with van der Waals surface area (Å²) in [4.78, 5) is 12.7. The summed E-state index contributed by atoms with van der Waals surface area (Å²) in [5.41, 5.74) is 1.43. The Balaban J connectivity index is 1.25. The van der Waals surface area contributed by atoms with Crippen molar-refractivity contribution in [3.05, 3.63) is 108 Å². The monoisotopic (exact) mass is 516 g/mol. The molecule has 0 bridgehead atoms. The first-order valence-electron chi connectivity index (χ1n) is 11.1. The Hall–Kier alpha value is -4.01. The first kappa shape index (κ1) is 23.7. The van der Waals surface area contributed by atoms with Gasteiger partial charge in [0.15, 0.2) is 11.0 Å². The SMILES string of the molecule is O=C(CSc1nnc(-c2ccccc2Cl)n1Cc1ccco1)Nc1ccc(Oc2ccccc2)cc1. The average Bonchev–Trinajstić information content (AvgIpc) is 3.55. The number of carbonyl (C=O) groups is 1. The van der Waals surface area contributed by atoms with E-state index in [2.05, 4.69) is 15.5 Å². The number of carbonyl (C=O) groups excluding carboxylic acids is 1. The van der Waals surface area contributed by atoms with Crippen molar-refractivity contribution in [3.63, 3.8) is 0 Å². The molecule has 36 heavy (non-hydrogen) atoms. The van der Waals surface area contributed by atoms with Crippen LogP contribution in [-0.4, -0.2) is 26.4 Å². The lowest BCUT2D eigenvalue weighted by molar-refractivity contribution is -0.113. The van der Waals surface area contributed by atoms with Gasteiger partial charge in [-0.25, -0.2) is 0 Å². The van der Waals surface area contributed by atoms with Crippen LogP contribution in [0.1, 0.15) is 5.76 Å². The second-order valence-corrected chi connectivity index (χ2v) is 9.08. The molecule has 180 valence electrons. The van der Waals surface area contributed by atoms with Crippen LogP contribution in [0, 0.1) is 0 Å². The van der Waals surface area contributed by atoms with E-state index in [1.807, 2.05) is 77.4 Å². The predicted octanol–water partition coefficient (Wildman–Crippen LogP) is 6.76. The van der Waals surface area contributed by atoms with Crippen molar-refractivity contribution in [2.75, 3.05) is 11.1 Å². The smallest absolute Gasteiger partial charge is 0.234 e. The van der Waals surface area contributed by atoms with Gasteiger partial charge in [0, 0.05) is 11.3 Å². The number of aromatic nitrogens is 3. The first-order valence-corrected chi connectivity index (χ1v) is 12.5. The van der Waals surface area contributed by atoms with Crippen molar-refractivity contribution in [3.8, 4) is 22.9 Å². The second-order valence-electron chi connectivity index (χ2n) is 7.73. The number of hydrogen-bond acceptors (Lipinski definition) is 6. The summed E-state index contributed by atoms with van der Waals surface area (Å²) in [6.07, 6.45) is 1.62. The summed E-state index contributed by atoms with van der Waals surface area (Å²) in [5, 5.41) is 12.7. The molecular formula is C27H21ClN4O3S. The Morgan fingerprint density at radius 2 is 1.67 bits per heavy atom. The largest absolute Gasteiger partial charge is 0.467 e. The number of thioether (sulfide) groups is 1. The zero-order valence-electron chi connectivity index (χ0n) is 19.0. The predicted molar refractivity (Wildman–Crippen MR) is 141 cm³/mol. The molecule has 0 aliphatic heterocycles. The van der Waals surface area contributed by atoms with Crippen molar-refractivity contribution in [2.45, 2.75) is 11.7 Å². The maximum absolute atomic E-state index is 12.7. The minimum atomic E-state index is -0.163. The summed E-state index contributed by atoms with van der Waals surface area (Å²) in [7, 11) is 0. The summed E-state index contributed by atoms with van der Waals surface area (Å²) >= 11 is 7.70. The van der Waals surface area contributed by atoms with Crippen molar-refractivity contribution >= 4 is 35.0 Å². The fourth-order valence-corrected chi connectivity index (χ4v) is 4.45. The van der Waals surface area contributed by atoms with Crippen LogP contribution in [0.4, 0.5) is 5.69 Å². The third-order valence-electron chi connectivity index (χ3n) is 5.17. The zero-order valence-corrected chi connectivity index (χ0v) is 20.6. The number of nitrogens with one attached hydrogen (secondary N) is 1. The lowest BCUT2D eigenvalue weighted by Gasteiger charge is -2.10. The molecule has 5 rings (SSSR count). The van der Waals surface area contributed by atoms with Gasteiger partial charge in [0.1, 0.15) is 17.3 Å². The third-order valence-corrected chi connectivity index (χ3v) is 6.47. The number of nitrogens with zero attached hydrogens (tertiary/aromatic N) is 3. The third kappa shape index (κ3) is 5.79. The van der Waals surface area contributed by atoms with Crippen LogP contribution >= 0.6 is 23.4 Å². The number of ether oxygens (including phenoxy) is 1. The Labute approximate surface area is 217 Å². The van der Waals surface area contributed by atoms with E-state index in [-0.39, 0.29) is 11.7 Å². The lowest BCUT2D eigenvalue weighted by Crippen LogP contribution is -2.14. The van der Waals surface area contributed by atoms with Gasteiger partial charge in [-0.1, -0.05) is 53.7 Å². The zero-order chi connectivity index (χ0) is 24.7. The highest BCUT2D eigenvalue weighted by atomic mass is 35.5. The van der Waals surface area contributed by atoms with Crippen LogP contribution in [0.2, 0.25) is 5.02 Å². The highest BCUT2D eigenvalue weighted by molar-refractivity contribution is 7.99. The van der Waals surface area contributed by atoms with Gasteiger partial charge in [0.25, 0.3) is 0 Å². The van der Waals surface area contributed by atoms with E-state index in [1.165, 1.54) is 11.8 Å². The summed E-state index contributed by atoms with van der Waals surface area (Å²) < 4.78 is 13.2. The van der Waals surface area contributed by atoms with Gasteiger partial charge in [0.05, 0.1) is 23.6 Å². The van der Waals surface area contributed by atoms with E-state index in [0.29, 0.717) is 34.0 Å². The number of para-hydroxylation sites is 1. The second kappa shape index (κ2) is 11.2. The van der Waals surface area contributed by atoms with Crippen LogP contribution in [-0.2, 0) is 11.3 Å². The molecule has 2 heterocycles. The van der Waals surface area contributed by atoms with Gasteiger partial charge >= 0.3 is 0 Å². The van der Waals surface area contributed by atoms with Gasteiger partial charge in [-0.05, 0) is 60.7 Å². The maximum atomic E-state index is 12.7. The fraction of sp³-hybridized carbons (Fsp3) is 0.0741. The van der Waals surface area contributed by atoms with Gasteiger partial charge in [-0.15, -0.1) is 10.2 Å². The molecule has 0 saturated carbocycles. The Morgan fingerprint density at radius 3 is 2.42 bits per heavy atom. The molecule has 0 fully saturated rings. The maximum Gasteiger partial charge on any atom is 0.234 e. The number of rotatable bonds is 9. The minimum Gasteiger partial charge on any atom is -0.467 e. The molecule has 1 amide bonds. The van der Waals surface area contributed by atoms with Gasteiger partial charge < -0.3 is 14.5 Å². The summed E-state index contributed by atoms with van der Waals surface area (Å²) in [6, 6.07) is 27.9. The highest BCUT2D eigenvalue weighted by Crippen LogP contribution is 2.30. The molecule has 0 atom stereocenters. The van der Waals surface area contributed by atoms with E-state index >= 15 is 0 Å².